The molecule has 4 N–H and O–H groups in total. The number of nitrogens with one attached hydrogen (secondary N) is 3. The van der Waals surface area contributed by atoms with Gasteiger partial charge in [0, 0.05) is 12.2 Å². The Morgan fingerprint density at radius 2 is 2.00 bits per heavy atom. The lowest BCUT2D eigenvalue weighted by molar-refractivity contribution is -0.136. The summed E-state index contributed by atoms with van der Waals surface area (Å²) in [4.78, 5) is 33.9. The van der Waals surface area contributed by atoms with Crippen molar-refractivity contribution in [2.24, 2.45) is 0 Å². The highest BCUT2D eigenvalue weighted by molar-refractivity contribution is 5.93. The molecule has 0 radical (unpaired) electrons. The summed E-state index contributed by atoms with van der Waals surface area (Å²) in [6.45, 7) is 3.85. The van der Waals surface area contributed by atoms with Crippen molar-refractivity contribution >= 4 is 23.6 Å². The minimum Gasteiger partial charge on any atom is -0.481 e. The van der Waals surface area contributed by atoms with Crippen LogP contribution in [0.25, 0.3) is 0 Å². The second-order valence-electron chi connectivity index (χ2n) is 4.49. The molecule has 0 heterocycles. The van der Waals surface area contributed by atoms with E-state index in [1.54, 1.807) is 38.1 Å². The first kappa shape index (κ1) is 16.5. The summed E-state index contributed by atoms with van der Waals surface area (Å²) in [6.07, 6.45) is -0.119. The standard InChI is InChI=1S/C14H19N3O4/c1-3-15-13(20)9(2)16-14(21)17-11-6-4-5-10(7-11)8-12(18)19/h4-7,9H,3,8H2,1-2H3,(H,15,20)(H,18,19)(H2,16,17,21). The third-order valence-corrected chi connectivity index (χ3v) is 2.63. The average molecular weight is 293 g/mol. The van der Waals surface area contributed by atoms with Gasteiger partial charge in [0.15, 0.2) is 0 Å². The van der Waals surface area contributed by atoms with Crippen molar-refractivity contribution in [2.45, 2.75) is 26.3 Å². The van der Waals surface area contributed by atoms with Crippen molar-refractivity contribution in [3.63, 3.8) is 0 Å². The lowest BCUT2D eigenvalue weighted by Gasteiger charge is -2.14. The molecule has 7 nitrogen and oxygen atoms in total. The Morgan fingerprint density at radius 1 is 1.29 bits per heavy atom. The maximum atomic E-state index is 11.7. The lowest BCUT2D eigenvalue weighted by Crippen LogP contribution is -2.46. The van der Waals surface area contributed by atoms with E-state index in [2.05, 4.69) is 16.0 Å². The molecule has 1 unspecified atom stereocenters. The summed E-state index contributed by atoms with van der Waals surface area (Å²) in [6, 6.07) is 5.34. The molecule has 114 valence electrons. The van der Waals surface area contributed by atoms with Gasteiger partial charge in [0.25, 0.3) is 0 Å². The average Bonchev–Trinajstić information content (AvgIpc) is 2.38. The maximum Gasteiger partial charge on any atom is 0.319 e. The molecule has 0 bridgehead atoms. The Labute approximate surface area is 122 Å². The minimum atomic E-state index is -0.943. The molecule has 0 aliphatic rings. The second-order valence-corrected chi connectivity index (χ2v) is 4.49. The summed E-state index contributed by atoms with van der Waals surface area (Å²) in [5, 5.41) is 16.4. The molecule has 0 saturated carbocycles. The van der Waals surface area contributed by atoms with Crippen LogP contribution in [-0.4, -0.2) is 35.6 Å². The van der Waals surface area contributed by atoms with Crippen molar-refractivity contribution in [1.82, 2.24) is 10.6 Å². The smallest absolute Gasteiger partial charge is 0.319 e. The van der Waals surface area contributed by atoms with Crippen molar-refractivity contribution in [3.05, 3.63) is 29.8 Å². The fourth-order valence-corrected chi connectivity index (χ4v) is 1.69. The number of carbonyl (C=O) groups excluding carboxylic acids is 2. The Hall–Kier alpha value is -2.57. The van der Waals surface area contributed by atoms with Gasteiger partial charge in [-0.05, 0) is 31.5 Å². The van der Waals surface area contributed by atoms with Crippen LogP contribution in [0.3, 0.4) is 0 Å². The molecule has 0 spiro atoms. The monoisotopic (exact) mass is 293 g/mol. The summed E-state index contributed by atoms with van der Waals surface area (Å²) < 4.78 is 0. The summed E-state index contributed by atoms with van der Waals surface area (Å²) in [7, 11) is 0. The highest BCUT2D eigenvalue weighted by atomic mass is 16.4. The number of aliphatic carboxylic acids is 1. The first-order valence-corrected chi connectivity index (χ1v) is 6.58. The van der Waals surface area contributed by atoms with Gasteiger partial charge in [-0.2, -0.15) is 0 Å². The van der Waals surface area contributed by atoms with Gasteiger partial charge in [-0.3, -0.25) is 9.59 Å². The molecule has 3 amide bonds. The summed E-state index contributed by atoms with van der Waals surface area (Å²) in [5.74, 6) is -1.21. The van der Waals surface area contributed by atoms with E-state index in [-0.39, 0.29) is 12.3 Å². The van der Waals surface area contributed by atoms with Gasteiger partial charge in [0.05, 0.1) is 6.42 Å². The SMILES string of the molecule is CCNC(=O)C(C)NC(=O)Nc1cccc(CC(=O)O)c1. The Morgan fingerprint density at radius 3 is 2.62 bits per heavy atom. The van der Waals surface area contributed by atoms with Gasteiger partial charge in [0.2, 0.25) is 5.91 Å². The van der Waals surface area contributed by atoms with Crippen LogP contribution in [0, 0.1) is 0 Å². The zero-order valence-corrected chi connectivity index (χ0v) is 12.0. The van der Waals surface area contributed by atoms with Gasteiger partial charge < -0.3 is 21.1 Å². The van der Waals surface area contributed by atoms with Gasteiger partial charge in [-0.1, -0.05) is 12.1 Å². The maximum absolute atomic E-state index is 11.7. The molecule has 0 saturated heterocycles. The molecule has 0 aliphatic heterocycles. The quantitative estimate of drug-likeness (QED) is 0.626. The number of amides is 3. The third kappa shape index (κ3) is 5.94. The van der Waals surface area contributed by atoms with Crippen molar-refractivity contribution in [3.8, 4) is 0 Å². The van der Waals surface area contributed by atoms with E-state index in [0.29, 0.717) is 17.8 Å². The first-order chi connectivity index (χ1) is 9.92. The number of carboxylic acids is 1. The molecule has 0 fully saturated rings. The number of rotatable bonds is 6. The summed E-state index contributed by atoms with van der Waals surface area (Å²) >= 11 is 0. The van der Waals surface area contributed by atoms with Crippen LogP contribution in [0.5, 0.6) is 0 Å². The highest BCUT2D eigenvalue weighted by Crippen LogP contribution is 2.11. The number of likely N-dealkylation sites (N-methyl/N-ethyl adjacent to an activating group) is 1. The lowest BCUT2D eigenvalue weighted by atomic mass is 10.1. The molecule has 1 rings (SSSR count). The van der Waals surface area contributed by atoms with Crippen molar-refractivity contribution < 1.29 is 19.5 Å². The molecule has 0 aromatic heterocycles. The predicted molar refractivity (Wildman–Crippen MR) is 78.1 cm³/mol. The van der Waals surface area contributed by atoms with Crippen LogP contribution in [0.4, 0.5) is 10.5 Å². The van der Waals surface area contributed by atoms with Crippen LogP contribution in [-0.2, 0) is 16.0 Å². The third-order valence-electron chi connectivity index (χ3n) is 2.63. The zero-order valence-electron chi connectivity index (χ0n) is 12.0. The normalized spacial score (nSPS) is 11.3. The number of carboxylic acid groups (broad SMARTS) is 1. The van der Waals surface area contributed by atoms with E-state index >= 15 is 0 Å². The number of anilines is 1. The molecular weight excluding hydrogens is 274 g/mol. The topological polar surface area (TPSA) is 108 Å². The molecule has 21 heavy (non-hydrogen) atoms. The van der Waals surface area contributed by atoms with Crippen LogP contribution in [0.1, 0.15) is 19.4 Å². The van der Waals surface area contributed by atoms with Crippen LogP contribution in [0.2, 0.25) is 0 Å². The molecular formula is C14H19N3O4. The number of benzene rings is 1. The molecule has 0 aliphatic carbocycles. The molecule has 1 atom stereocenters. The number of urea groups is 1. The zero-order chi connectivity index (χ0) is 15.8. The van der Waals surface area contributed by atoms with E-state index in [1.807, 2.05) is 0 Å². The van der Waals surface area contributed by atoms with Crippen LogP contribution in [0.15, 0.2) is 24.3 Å². The fourth-order valence-electron chi connectivity index (χ4n) is 1.69. The largest absolute Gasteiger partial charge is 0.481 e. The van der Waals surface area contributed by atoms with Gasteiger partial charge in [-0.25, -0.2) is 4.79 Å². The fraction of sp³-hybridized carbons (Fsp3) is 0.357. The number of carbonyl (C=O) groups is 3. The molecule has 7 heteroatoms. The molecule has 1 aromatic rings. The Bertz CT molecular complexity index is 531. The van der Waals surface area contributed by atoms with Crippen molar-refractivity contribution in [2.75, 3.05) is 11.9 Å². The van der Waals surface area contributed by atoms with E-state index in [0.717, 1.165) is 0 Å². The minimum absolute atomic E-state index is 0.119. The van der Waals surface area contributed by atoms with Gasteiger partial charge in [0.1, 0.15) is 6.04 Å². The highest BCUT2D eigenvalue weighted by Gasteiger charge is 2.14. The van der Waals surface area contributed by atoms with Crippen LogP contribution >= 0.6 is 0 Å². The summed E-state index contributed by atoms with van der Waals surface area (Å²) in [5.41, 5.74) is 1.05. The molecule has 1 aromatic carbocycles. The Balaban J connectivity index is 2.58. The second kappa shape index (κ2) is 7.88. The van der Waals surface area contributed by atoms with Crippen LogP contribution < -0.4 is 16.0 Å². The van der Waals surface area contributed by atoms with E-state index in [9.17, 15) is 14.4 Å². The number of hydrogen-bond donors (Lipinski definition) is 4. The van der Waals surface area contributed by atoms with E-state index in [4.69, 9.17) is 5.11 Å². The van der Waals surface area contributed by atoms with Gasteiger partial charge in [-0.15, -0.1) is 0 Å². The Kier molecular flexibility index (Phi) is 6.19. The number of hydrogen-bond acceptors (Lipinski definition) is 3. The van der Waals surface area contributed by atoms with E-state index < -0.39 is 18.0 Å². The predicted octanol–water partition coefficient (Wildman–Crippen LogP) is 0.960. The first-order valence-electron chi connectivity index (χ1n) is 6.58. The van der Waals surface area contributed by atoms with Gasteiger partial charge >= 0.3 is 12.0 Å². The van der Waals surface area contributed by atoms with E-state index in [1.165, 1.54) is 0 Å². The van der Waals surface area contributed by atoms with Crippen molar-refractivity contribution in [1.29, 1.82) is 0 Å².